The second kappa shape index (κ2) is 6.92. The quantitative estimate of drug-likeness (QED) is 0.680. The molecule has 3 heterocycles. The number of likely N-dealkylation sites (tertiary alicyclic amines) is 1. The van der Waals surface area contributed by atoms with Gasteiger partial charge < -0.3 is 19.1 Å². The minimum absolute atomic E-state index is 0.108. The van der Waals surface area contributed by atoms with Crippen LogP contribution in [0, 0.1) is 0 Å². The number of amides is 1. The molecule has 0 radical (unpaired) electrons. The van der Waals surface area contributed by atoms with Crippen LogP contribution in [0.25, 0.3) is 0 Å². The van der Waals surface area contributed by atoms with Crippen LogP contribution in [-0.2, 0) is 36.9 Å². The summed E-state index contributed by atoms with van der Waals surface area (Å²) < 4.78 is 17.3. The van der Waals surface area contributed by atoms with Gasteiger partial charge in [0.15, 0.2) is 5.79 Å². The highest BCUT2D eigenvalue weighted by Crippen LogP contribution is 2.35. The Labute approximate surface area is 160 Å². The van der Waals surface area contributed by atoms with E-state index in [2.05, 4.69) is 33.0 Å². The average molecular weight is 425 g/mol. The molecular formula is C18H21BrN2O5. The van der Waals surface area contributed by atoms with Gasteiger partial charge in [0.25, 0.3) is 0 Å². The summed E-state index contributed by atoms with van der Waals surface area (Å²) in [5, 5.41) is 0. The van der Waals surface area contributed by atoms with Crippen LogP contribution < -0.4 is 0 Å². The lowest BCUT2D eigenvalue weighted by molar-refractivity contribution is -0.153. The first kappa shape index (κ1) is 17.9. The molecule has 7 nitrogen and oxygen atoms in total. The van der Waals surface area contributed by atoms with Gasteiger partial charge in [-0.05, 0) is 23.3 Å². The molecule has 1 atom stereocenters. The summed E-state index contributed by atoms with van der Waals surface area (Å²) in [4.78, 5) is 28.8. The number of nitrogens with zero attached hydrogens (tertiary/aromatic N) is 2. The molecule has 8 heteroatoms. The summed E-state index contributed by atoms with van der Waals surface area (Å²) >= 11 is 3.48. The first-order valence-corrected chi connectivity index (χ1v) is 9.44. The van der Waals surface area contributed by atoms with Crippen molar-refractivity contribution in [2.24, 2.45) is 0 Å². The van der Waals surface area contributed by atoms with E-state index in [1.807, 2.05) is 6.07 Å². The molecule has 0 aliphatic carbocycles. The van der Waals surface area contributed by atoms with Crippen LogP contribution in [0.4, 0.5) is 0 Å². The lowest BCUT2D eigenvalue weighted by Gasteiger charge is -2.25. The summed E-state index contributed by atoms with van der Waals surface area (Å²) in [5.41, 5.74) is 2.45. The average Bonchev–Trinajstić information content (AvgIpc) is 3.33. The van der Waals surface area contributed by atoms with Crippen LogP contribution in [0.5, 0.6) is 0 Å². The highest BCUT2D eigenvalue weighted by molar-refractivity contribution is 9.10. The number of methoxy groups -OCH3 is 1. The van der Waals surface area contributed by atoms with Crippen molar-refractivity contribution in [2.45, 2.75) is 31.3 Å². The number of benzene rings is 1. The van der Waals surface area contributed by atoms with Gasteiger partial charge in [-0.15, -0.1) is 0 Å². The Morgan fingerprint density at radius 2 is 2.00 bits per heavy atom. The maximum absolute atomic E-state index is 12.9. The largest absolute Gasteiger partial charge is 0.467 e. The van der Waals surface area contributed by atoms with Crippen molar-refractivity contribution < 1.29 is 23.8 Å². The van der Waals surface area contributed by atoms with Crippen LogP contribution in [0.15, 0.2) is 22.7 Å². The number of carbonyl (C=O) groups is 2. The zero-order valence-corrected chi connectivity index (χ0v) is 16.2. The molecule has 2 saturated heterocycles. The van der Waals surface area contributed by atoms with Crippen LogP contribution in [0.3, 0.4) is 0 Å². The van der Waals surface area contributed by atoms with Crippen LogP contribution in [0.2, 0.25) is 0 Å². The molecule has 3 aliphatic heterocycles. The first-order chi connectivity index (χ1) is 12.5. The van der Waals surface area contributed by atoms with Gasteiger partial charge in [-0.2, -0.15) is 0 Å². The normalized spacial score (nSPS) is 24.2. The minimum Gasteiger partial charge on any atom is -0.467 e. The van der Waals surface area contributed by atoms with Gasteiger partial charge in [0.05, 0.1) is 33.4 Å². The first-order valence-electron chi connectivity index (χ1n) is 8.64. The predicted molar refractivity (Wildman–Crippen MR) is 95.0 cm³/mol. The zero-order valence-electron chi connectivity index (χ0n) is 14.6. The summed E-state index contributed by atoms with van der Waals surface area (Å²) in [5.74, 6) is -1.40. The third-order valence-corrected chi connectivity index (χ3v) is 5.71. The summed E-state index contributed by atoms with van der Waals surface area (Å²) in [7, 11) is 1.33. The topological polar surface area (TPSA) is 68.3 Å². The van der Waals surface area contributed by atoms with Crippen molar-refractivity contribution >= 4 is 27.8 Å². The maximum Gasteiger partial charge on any atom is 0.328 e. The van der Waals surface area contributed by atoms with Crippen molar-refractivity contribution in [3.05, 3.63) is 33.8 Å². The van der Waals surface area contributed by atoms with Gasteiger partial charge in [0.2, 0.25) is 5.91 Å². The molecule has 1 aromatic rings. The maximum atomic E-state index is 12.9. The molecule has 4 rings (SSSR count). The molecule has 140 valence electrons. The molecule has 0 N–H and O–H groups in total. The molecule has 2 fully saturated rings. The summed E-state index contributed by atoms with van der Waals surface area (Å²) in [6.45, 7) is 2.91. The molecule has 0 saturated carbocycles. The third-order valence-electron chi connectivity index (χ3n) is 5.21. The number of halogens is 1. The van der Waals surface area contributed by atoms with Crippen molar-refractivity contribution in [3.63, 3.8) is 0 Å². The highest BCUT2D eigenvalue weighted by atomic mass is 79.9. The van der Waals surface area contributed by atoms with E-state index in [9.17, 15) is 9.59 Å². The number of rotatable bonds is 3. The number of esters is 1. The summed E-state index contributed by atoms with van der Waals surface area (Å²) in [6, 6.07) is 5.51. The van der Waals surface area contributed by atoms with E-state index in [1.54, 1.807) is 4.90 Å². The molecule has 0 aromatic heterocycles. The van der Waals surface area contributed by atoms with Crippen LogP contribution in [0.1, 0.15) is 17.5 Å². The highest BCUT2D eigenvalue weighted by Gasteiger charge is 2.53. The van der Waals surface area contributed by atoms with E-state index in [4.69, 9.17) is 14.2 Å². The molecular weight excluding hydrogens is 404 g/mol. The number of fused-ring (bicyclic) bond motifs is 1. The molecule has 1 spiro atoms. The Bertz CT molecular complexity index is 734. The fourth-order valence-electron chi connectivity index (χ4n) is 3.98. The van der Waals surface area contributed by atoms with Crippen molar-refractivity contribution in [3.8, 4) is 0 Å². The lowest BCUT2D eigenvalue weighted by atomic mass is 10.1. The Balaban J connectivity index is 1.45. The van der Waals surface area contributed by atoms with Gasteiger partial charge in [-0.1, -0.05) is 22.0 Å². The number of hydrogen-bond donors (Lipinski definition) is 0. The monoisotopic (exact) mass is 424 g/mol. The van der Waals surface area contributed by atoms with E-state index >= 15 is 0 Å². The summed E-state index contributed by atoms with van der Waals surface area (Å²) in [6.07, 6.45) is 0.318. The molecule has 0 unspecified atom stereocenters. The van der Waals surface area contributed by atoms with E-state index in [-0.39, 0.29) is 19.0 Å². The molecule has 1 amide bonds. The number of hydrogen-bond acceptors (Lipinski definition) is 6. The van der Waals surface area contributed by atoms with Crippen LogP contribution >= 0.6 is 15.9 Å². The van der Waals surface area contributed by atoms with E-state index in [1.165, 1.54) is 18.2 Å². The second-order valence-corrected chi connectivity index (χ2v) is 7.85. The smallest absolute Gasteiger partial charge is 0.328 e. The minimum atomic E-state index is -0.868. The van der Waals surface area contributed by atoms with E-state index in [0.717, 1.165) is 17.6 Å². The fraction of sp³-hybridized carbons (Fsp3) is 0.556. The van der Waals surface area contributed by atoms with E-state index < -0.39 is 17.8 Å². The van der Waals surface area contributed by atoms with Gasteiger partial charge >= 0.3 is 5.97 Å². The van der Waals surface area contributed by atoms with Gasteiger partial charge in [0.1, 0.15) is 6.04 Å². The Hall–Kier alpha value is -1.48. The molecule has 3 aliphatic rings. The number of carbonyl (C=O) groups excluding carboxylic acids is 2. The van der Waals surface area contributed by atoms with Crippen molar-refractivity contribution in [2.75, 3.05) is 33.4 Å². The third kappa shape index (κ3) is 3.26. The lowest BCUT2D eigenvalue weighted by Crippen LogP contribution is -2.45. The standard InChI is InChI=1S/C18H21BrN2O5/c1-24-17(23)15-7-18(25-4-5-26-18)11-21(15)16(22)10-20-8-12-2-3-14(19)6-13(12)9-20/h2-3,6,15H,4-5,7-11H2,1H3/t15-/m0/s1. The Kier molecular flexibility index (Phi) is 4.77. The SMILES string of the molecule is COC(=O)[C@@H]1CC2(CN1C(=O)CN1Cc3ccc(Br)cc3C1)OCCO2. The van der Waals surface area contributed by atoms with Gasteiger partial charge in [0, 0.05) is 24.0 Å². The second-order valence-electron chi connectivity index (χ2n) is 6.93. The van der Waals surface area contributed by atoms with Gasteiger partial charge in [-0.3, -0.25) is 9.69 Å². The fourth-order valence-corrected chi connectivity index (χ4v) is 4.39. The predicted octanol–water partition coefficient (Wildman–Crippen LogP) is 1.28. The van der Waals surface area contributed by atoms with Crippen molar-refractivity contribution in [1.29, 1.82) is 0 Å². The van der Waals surface area contributed by atoms with Crippen LogP contribution in [-0.4, -0.2) is 66.9 Å². The Morgan fingerprint density at radius 1 is 1.27 bits per heavy atom. The van der Waals surface area contributed by atoms with Crippen molar-refractivity contribution in [1.82, 2.24) is 9.80 Å². The molecule has 1 aromatic carbocycles. The Morgan fingerprint density at radius 3 is 2.73 bits per heavy atom. The molecule has 26 heavy (non-hydrogen) atoms. The number of ether oxygens (including phenoxy) is 3. The molecule has 0 bridgehead atoms. The van der Waals surface area contributed by atoms with E-state index in [0.29, 0.717) is 19.6 Å². The van der Waals surface area contributed by atoms with Gasteiger partial charge in [-0.25, -0.2) is 4.79 Å². The zero-order chi connectivity index (χ0) is 18.3.